The third-order valence-electron chi connectivity index (χ3n) is 5.25. The van der Waals surface area contributed by atoms with E-state index in [1.807, 2.05) is 25.7 Å². The fourth-order valence-corrected chi connectivity index (χ4v) is 4.23. The van der Waals surface area contributed by atoms with Crippen molar-refractivity contribution < 1.29 is 14.3 Å². The number of carbonyl (C=O) groups is 1. The molecule has 2 fully saturated rings. The number of hydrogen-bond acceptors (Lipinski definition) is 6. The van der Waals surface area contributed by atoms with Crippen LogP contribution in [0.2, 0.25) is 0 Å². The summed E-state index contributed by atoms with van der Waals surface area (Å²) in [4.78, 5) is 16.7. The highest BCUT2D eigenvalue weighted by atomic mass is 16.6. The monoisotopic (exact) mass is 400 g/mol. The molecule has 0 radical (unpaired) electrons. The Labute approximate surface area is 173 Å². The molecule has 3 rings (SSSR count). The van der Waals surface area contributed by atoms with E-state index in [1.54, 1.807) is 24.3 Å². The van der Waals surface area contributed by atoms with E-state index in [0.717, 1.165) is 44.9 Å². The fraction of sp³-hybridized carbons (Fsp3) is 0.636. The molecule has 1 aromatic carbocycles. The lowest BCUT2D eigenvalue weighted by molar-refractivity contribution is -0.0108. The van der Waals surface area contributed by atoms with E-state index in [0.29, 0.717) is 24.0 Å². The van der Waals surface area contributed by atoms with Gasteiger partial charge in [-0.3, -0.25) is 0 Å². The van der Waals surface area contributed by atoms with Gasteiger partial charge < -0.3 is 25.0 Å². The summed E-state index contributed by atoms with van der Waals surface area (Å²) in [5, 5.41) is 8.85. The maximum atomic E-state index is 12.4. The van der Waals surface area contributed by atoms with Crippen molar-refractivity contribution in [2.24, 2.45) is 17.6 Å². The van der Waals surface area contributed by atoms with E-state index in [-0.39, 0.29) is 12.1 Å². The number of carbonyl (C=O) groups excluding carboxylic acids is 1. The molecule has 2 saturated heterocycles. The minimum Gasteiger partial charge on any atom is -0.492 e. The Morgan fingerprint density at radius 1 is 1.21 bits per heavy atom. The molecular weight excluding hydrogens is 368 g/mol. The highest BCUT2D eigenvalue weighted by Gasteiger charge is 2.37. The molecule has 2 heterocycles. The standard InChI is InChI=1S/C22H32N4O3/c1-22(2,3)29-21(27)26-12-17-8-18(13-26)11-25(10-17)14-19(24)15-28-20-6-4-16(9-23)5-7-20/h4-7,17-19H,8,10-15,24H2,1-3H3. The first-order valence-corrected chi connectivity index (χ1v) is 10.3. The number of ether oxygens (including phenoxy) is 2. The molecule has 1 aromatic rings. The van der Waals surface area contributed by atoms with Crippen LogP contribution in [0.5, 0.6) is 5.75 Å². The molecule has 0 spiro atoms. The molecule has 2 aliphatic rings. The van der Waals surface area contributed by atoms with Crippen molar-refractivity contribution in [2.75, 3.05) is 39.3 Å². The quantitative estimate of drug-likeness (QED) is 0.816. The van der Waals surface area contributed by atoms with E-state index in [4.69, 9.17) is 20.5 Å². The molecule has 2 N–H and O–H groups in total. The molecule has 0 aliphatic carbocycles. The van der Waals surface area contributed by atoms with Crippen molar-refractivity contribution >= 4 is 6.09 Å². The normalized spacial score (nSPS) is 23.2. The minimum atomic E-state index is -0.461. The summed E-state index contributed by atoms with van der Waals surface area (Å²) in [6, 6.07) is 9.07. The Morgan fingerprint density at radius 2 is 1.83 bits per heavy atom. The largest absolute Gasteiger partial charge is 0.492 e. The zero-order valence-corrected chi connectivity index (χ0v) is 17.6. The minimum absolute atomic E-state index is 0.0913. The summed E-state index contributed by atoms with van der Waals surface area (Å²) < 4.78 is 11.3. The Morgan fingerprint density at radius 3 is 2.38 bits per heavy atom. The smallest absolute Gasteiger partial charge is 0.410 e. The second kappa shape index (κ2) is 9.02. The Hall–Kier alpha value is -2.30. The second-order valence-electron chi connectivity index (χ2n) is 9.28. The van der Waals surface area contributed by atoms with Gasteiger partial charge in [0.2, 0.25) is 0 Å². The molecule has 2 bridgehead atoms. The molecule has 3 atom stereocenters. The highest BCUT2D eigenvalue weighted by Crippen LogP contribution is 2.29. The third-order valence-corrected chi connectivity index (χ3v) is 5.25. The van der Waals surface area contributed by atoms with Crippen LogP contribution in [-0.2, 0) is 4.74 Å². The summed E-state index contributed by atoms with van der Waals surface area (Å²) >= 11 is 0. The van der Waals surface area contributed by atoms with E-state index in [1.165, 1.54) is 0 Å². The van der Waals surface area contributed by atoms with Crippen molar-refractivity contribution in [3.63, 3.8) is 0 Å². The summed E-state index contributed by atoms with van der Waals surface area (Å²) in [7, 11) is 0. The van der Waals surface area contributed by atoms with Crippen molar-refractivity contribution in [3.8, 4) is 11.8 Å². The average molecular weight is 401 g/mol. The van der Waals surface area contributed by atoms with Gasteiger partial charge in [-0.25, -0.2) is 4.79 Å². The lowest BCUT2D eigenvalue weighted by atomic mass is 9.84. The van der Waals surface area contributed by atoms with Gasteiger partial charge in [0.25, 0.3) is 0 Å². The first-order chi connectivity index (χ1) is 13.7. The number of nitriles is 1. The lowest BCUT2D eigenvalue weighted by Crippen LogP contribution is -2.56. The first-order valence-electron chi connectivity index (χ1n) is 10.3. The number of piperidine rings is 2. The Kier molecular flexibility index (Phi) is 6.66. The van der Waals surface area contributed by atoms with Crippen molar-refractivity contribution in [3.05, 3.63) is 29.8 Å². The number of benzene rings is 1. The molecule has 2 aliphatic heterocycles. The van der Waals surface area contributed by atoms with Crippen LogP contribution < -0.4 is 10.5 Å². The number of nitrogens with zero attached hydrogens (tertiary/aromatic N) is 3. The van der Waals surface area contributed by atoms with Gasteiger partial charge in [-0.05, 0) is 63.3 Å². The van der Waals surface area contributed by atoms with Crippen molar-refractivity contribution in [1.82, 2.24) is 9.80 Å². The van der Waals surface area contributed by atoms with Crippen molar-refractivity contribution in [1.29, 1.82) is 5.26 Å². The van der Waals surface area contributed by atoms with Gasteiger partial charge in [0.15, 0.2) is 0 Å². The third kappa shape index (κ3) is 6.34. The maximum Gasteiger partial charge on any atom is 0.410 e. The van der Waals surface area contributed by atoms with E-state index in [2.05, 4.69) is 11.0 Å². The Balaban J connectivity index is 1.44. The summed E-state index contributed by atoms with van der Waals surface area (Å²) in [5.41, 5.74) is 6.45. The number of hydrogen-bond donors (Lipinski definition) is 1. The first kappa shape index (κ1) is 21.4. The zero-order chi connectivity index (χ0) is 21.0. The molecule has 7 heteroatoms. The number of fused-ring (bicyclic) bond motifs is 2. The van der Waals surface area contributed by atoms with Crippen LogP contribution in [0.3, 0.4) is 0 Å². The summed E-state index contributed by atoms with van der Waals surface area (Å²) in [5.74, 6) is 1.64. The van der Waals surface area contributed by atoms with Crippen LogP contribution in [0, 0.1) is 23.2 Å². The molecule has 0 saturated carbocycles. The van der Waals surface area contributed by atoms with E-state index >= 15 is 0 Å². The van der Waals surface area contributed by atoms with Crippen LogP contribution >= 0.6 is 0 Å². The predicted molar refractivity (Wildman–Crippen MR) is 110 cm³/mol. The SMILES string of the molecule is CC(C)(C)OC(=O)N1CC2CC(CN(CC(N)COc3ccc(C#N)cc3)C2)C1. The van der Waals surface area contributed by atoms with Crippen molar-refractivity contribution in [2.45, 2.75) is 38.8 Å². The highest BCUT2D eigenvalue weighted by molar-refractivity contribution is 5.68. The van der Waals surface area contributed by atoms with Gasteiger partial charge >= 0.3 is 6.09 Å². The summed E-state index contributed by atoms with van der Waals surface area (Å²) in [6.45, 7) is 10.3. The fourth-order valence-electron chi connectivity index (χ4n) is 4.23. The van der Waals surface area contributed by atoms with Crippen LogP contribution in [0.25, 0.3) is 0 Å². The summed E-state index contributed by atoms with van der Waals surface area (Å²) in [6.07, 6.45) is 0.959. The van der Waals surface area contributed by atoms with Gasteiger partial charge in [0, 0.05) is 32.7 Å². The van der Waals surface area contributed by atoms with E-state index < -0.39 is 5.60 Å². The van der Waals surface area contributed by atoms with Gasteiger partial charge in [0.05, 0.1) is 17.7 Å². The number of nitrogens with two attached hydrogens (primary N) is 1. The molecule has 0 aromatic heterocycles. The zero-order valence-electron chi connectivity index (χ0n) is 17.6. The molecular formula is C22H32N4O3. The molecule has 7 nitrogen and oxygen atoms in total. The molecule has 158 valence electrons. The topological polar surface area (TPSA) is 91.8 Å². The van der Waals surface area contributed by atoms with Crippen LogP contribution in [0.15, 0.2) is 24.3 Å². The maximum absolute atomic E-state index is 12.4. The molecule has 29 heavy (non-hydrogen) atoms. The molecule has 1 amide bonds. The number of rotatable bonds is 5. The predicted octanol–water partition coefficient (Wildman–Crippen LogP) is 2.45. The van der Waals surface area contributed by atoms with Gasteiger partial charge in [-0.1, -0.05) is 0 Å². The second-order valence-corrected chi connectivity index (χ2v) is 9.28. The van der Waals surface area contributed by atoms with Gasteiger partial charge in [-0.15, -0.1) is 0 Å². The number of amides is 1. The van der Waals surface area contributed by atoms with Crippen LogP contribution in [-0.4, -0.2) is 66.9 Å². The van der Waals surface area contributed by atoms with Crippen LogP contribution in [0.4, 0.5) is 4.79 Å². The Bertz CT molecular complexity index is 724. The lowest BCUT2D eigenvalue weighted by Gasteiger charge is -2.46. The van der Waals surface area contributed by atoms with Gasteiger partial charge in [-0.2, -0.15) is 5.26 Å². The van der Waals surface area contributed by atoms with Gasteiger partial charge in [0.1, 0.15) is 18.0 Å². The number of likely N-dealkylation sites (tertiary alicyclic amines) is 2. The van der Waals surface area contributed by atoms with E-state index in [9.17, 15) is 4.79 Å². The molecule has 3 unspecified atom stereocenters. The average Bonchev–Trinajstić information content (AvgIpc) is 2.64. The van der Waals surface area contributed by atoms with Crippen LogP contribution in [0.1, 0.15) is 32.8 Å².